The zero-order valence-corrected chi connectivity index (χ0v) is 38.4. The lowest BCUT2D eigenvalue weighted by Crippen LogP contribution is -2.64. The van der Waals surface area contributed by atoms with Crippen LogP contribution in [-0.2, 0) is 79.8 Å². The Balaban J connectivity index is 1.56. The predicted molar refractivity (Wildman–Crippen MR) is 223 cm³/mol. The molecule has 63 heavy (non-hydrogen) atoms. The molecule has 13 N–H and O–H groups in total. The van der Waals surface area contributed by atoms with Gasteiger partial charge in [0.1, 0.15) is 48.7 Å². The highest BCUT2D eigenvalue weighted by molar-refractivity contribution is 8.07. The van der Waals surface area contributed by atoms with E-state index in [2.05, 4.69) is 21.3 Å². The van der Waals surface area contributed by atoms with E-state index in [1.165, 1.54) is 13.8 Å². The monoisotopic (exact) mass is 990 g/mol. The molecule has 0 saturated carbocycles. The molecule has 2 rings (SSSR count). The Labute approximate surface area is 374 Å². The van der Waals surface area contributed by atoms with Crippen molar-refractivity contribution >= 4 is 60.7 Å². The SMILES string of the molecule is CC(=O)NC1[C@H](OCCCCC(=O)NCCCOP(O)(=S)OCOP(O)(=S)OCC(CO)CNC(=O)CCCCO[C@@H]2OC(CO)[C@H](O)[C@H](O)C2NC(C)=O)OC(CO)[C@H](O)[C@@H]1O. The zero-order chi connectivity index (χ0) is 47.2. The van der Waals surface area contributed by atoms with Crippen molar-refractivity contribution in [2.75, 3.05) is 66.1 Å². The molecular weight excluding hydrogens is 926 g/mol. The maximum Gasteiger partial charge on any atom is 0.326 e. The van der Waals surface area contributed by atoms with Crippen LogP contribution in [0.2, 0.25) is 0 Å². The molecule has 0 aromatic rings. The number of carbonyl (C=O) groups is 4. The summed E-state index contributed by atoms with van der Waals surface area (Å²) >= 11 is 9.84. The van der Waals surface area contributed by atoms with E-state index in [1.54, 1.807) is 0 Å². The van der Waals surface area contributed by atoms with Crippen LogP contribution in [0.3, 0.4) is 0 Å². The average Bonchev–Trinajstić information content (AvgIpc) is 3.21. The van der Waals surface area contributed by atoms with Gasteiger partial charge in [-0.2, -0.15) is 0 Å². The minimum absolute atomic E-state index is 0.0410. The van der Waals surface area contributed by atoms with E-state index in [-0.39, 0.29) is 70.6 Å². The topological polar surface area (TPSA) is 372 Å². The van der Waals surface area contributed by atoms with Gasteiger partial charge in [0.05, 0.1) is 26.4 Å². The highest BCUT2D eigenvalue weighted by Gasteiger charge is 2.46. The van der Waals surface area contributed by atoms with Gasteiger partial charge in [-0.25, -0.2) is 0 Å². The molecule has 2 fully saturated rings. The number of hydrogen-bond acceptors (Lipinski definition) is 21. The molecule has 25 nitrogen and oxygen atoms in total. The number of nitrogens with one attached hydrogen (secondary N) is 4. The minimum atomic E-state index is -3.95. The second-order valence-electron chi connectivity index (χ2n) is 14.5. The van der Waals surface area contributed by atoms with E-state index in [1.807, 2.05) is 0 Å². The van der Waals surface area contributed by atoms with Gasteiger partial charge in [-0.05, 0) is 55.7 Å². The smallest absolute Gasteiger partial charge is 0.326 e. The van der Waals surface area contributed by atoms with Gasteiger partial charge in [-0.15, -0.1) is 0 Å². The predicted octanol–water partition coefficient (Wildman–Crippen LogP) is -4.06. The van der Waals surface area contributed by atoms with Gasteiger partial charge in [0.15, 0.2) is 19.4 Å². The molecule has 0 aromatic carbocycles. The summed E-state index contributed by atoms with van der Waals surface area (Å²) in [7, 11) is 0. The molecule has 29 heteroatoms. The lowest BCUT2D eigenvalue weighted by molar-refractivity contribution is -0.270. The number of carbonyl (C=O) groups excluding carboxylic acids is 4. The van der Waals surface area contributed by atoms with Gasteiger partial charge >= 0.3 is 13.4 Å². The second-order valence-corrected chi connectivity index (χ2v) is 20.2. The molecule has 0 spiro atoms. The van der Waals surface area contributed by atoms with E-state index in [9.17, 15) is 64.7 Å². The molecular formula is C34H64N4O21P2S2. The van der Waals surface area contributed by atoms with Crippen LogP contribution in [0.5, 0.6) is 0 Å². The third-order valence-electron chi connectivity index (χ3n) is 9.31. The van der Waals surface area contributed by atoms with Crippen LogP contribution in [0, 0.1) is 5.92 Å². The molecule has 13 atom stereocenters. The third-order valence-corrected chi connectivity index (χ3v) is 12.4. The van der Waals surface area contributed by atoms with Gasteiger partial charge in [0.25, 0.3) is 0 Å². The lowest BCUT2D eigenvalue weighted by Gasteiger charge is -2.42. The van der Waals surface area contributed by atoms with Crippen molar-refractivity contribution in [3.05, 3.63) is 0 Å². The molecule has 0 aliphatic carbocycles. The second kappa shape index (κ2) is 30.0. The van der Waals surface area contributed by atoms with Gasteiger partial charge in [-0.3, -0.25) is 28.2 Å². The number of aliphatic hydroxyl groups excluding tert-OH is 7. The van der Waals surface area contributed by atoms with Gasteiger partial charge < -0.3 is 94.8 Å². The van der Waals surface area contributed by atoms with Crippen LogP contribution >= 0.6 is 13.4 Å². The van der Waals surface area contributed by atoms with Crippen molar-refractivity contribution < 1.29 is 102 Å². The van der Waals surface area contributed by atoms with E-state index in [0.29, 0.717) is 25.7 Å². The van der Waals surface area contributed by atoms with E-state index >= 15 is 0 Å². The molecule has 2 aliphatic heterocycles. The highest BCUT2D eigenvalue weighted by atomic mass is 32.5. The average molecular weight is 991 g/mol. The Hall–Kier alpha value is -1.50. The maximum atomic E-state index is 12.4. The molecule has 2 saturated heterocycles. The summed E-state index contributed by atoms with van der Waals surface area (Å²) in [6, 6.07) is -2.15. The van der Waals surface area contributed by atoms with Gasteiger partial charge in [0.2, 0.25) is 23.6 Å². The number of rotatable bonds is 31. The first-order chi connectivity index (χ1) is 29.7. The largest absolute Gasteiger partial charge is 0.396 e. The highest BCUT2D eigenvalue weighted by Crippen LogP contribution is 2.48. The molecule has 4 amide bonds. The van der Waals surface area contributed by atoms with E-state index < -0.39 is 119 Å². The Kier molecular flexibility index (Phi) is 27.4. The number of amides is 4. The van der Waals surface area contributed by atoms with Crippen LogP contribution in [0.1, 0.15) is 58.8 Å². The standard InChI is InChI=1S/C34H64N4O21P2S2/c1-20(42)37-27-31(48)29(46)23(16-40)58-33(27)52-11-5-3-8-25(44)35-10-7-13-54-60(50,62)56-19-57-61(51,63)55-18-22(15-39)14-36-26(45)9-4-6-12-53-34-28(38-21(2)43)32(49)30(47)24(17-41)59-34/h22-24,27-34,39-41,46-49H,3-19H2,1-2H3,(H,35,44)(H,36,45)(H,37,42)(H,38,43)(H,50,62)(H,51,63)/t22?,23?,24?,27?,28?,29-,30-,31+,32+,33+,34+,60?,61?/m0/s1. The molecule has 2 heterocycles. The first-order valence-corrected chi connectivity index (χ1v) is 25.3. The third kappa shape index (κ3) is 22.2. The van der Waals surface area contributed by atoms with Crippen LogP contribution in [0.4, 0.5) is 0 Å². The normalized spacial score (nSPS) is 28.6. The van der Waals surface area contributed by atoms with E-state index in [4.69, 9.17) is 60.7 Å². The minimum Gasteiger partial charge on any atom is -0.396 e. The summed E-state index contributed by atoms with van der Waals surface area (Å²) in [4.78, 5) is 68.3. The maximum absolute atomic E-state index is 12.4. The Morgan fingerprint density at radius 2 is 1.10 bits per heavy atom. The summed E-state index contributed by atoms with van der Waals surface area (Å²) < 4.78 is 42.7. The Morgan fingerprint density at radius 3 is 1.54 bits per heavy atom. The summed E-state index contributed by atoms with van der Waals surface area (Å²) in [6.07, 6.45) is -8.28. The quantitative estimate of drug-likeness (QED) is 0.0179. The number of unbranched alkanes of at least 4 members (excludes halogenated alkanes) is 2. The molecule has 0 bridgehead atoms. The van der Waals surface area contributed by atoms with Crippen molar-refractivity contribution in [1.82, 2.24) is 21.3 Å². The first kappa shape index (κ1) is 57.6. The van der Waals surface area contributed by atoms with Crippen molar-refractivity contribution in [3.8, 4) is 0 Å². The summed E-state index contributed by atoms with van der Waals surface area (Å²) in [5, 5.41) is 79.6. The van der Waals surface area contributed by atoms with Crippen molar-refractivity contribution in [2.45, 2.75) is 120 Å². The van der Waals surface area contributed by atoms with Gasteiger partial charge in [0, 0.05) is 65.5 Å². The molecule has 0 radical (unpaired) electrons. The fourth-order valence-corrected chi connectivity index (χ4v) is 7.95. The lowest BCUT2D eigenvalue weighted by atomic mass is 9.97. The van der Waals surface area contributed by atoms with Crippen molar-refractivity contribution in [3.63, 3.8) is 0 Å². The number of aliphatic hydroxyl groups is 7. The van der Waals surface area contributed by atoms with E-state index in [0.717, 1.165) is 0 Å². The fourth-order valence-electron chi connectivity index (χ4n) is 5.92. The van der Waals surface area contributed by atoms with Crippen molar-refractivity contribution in [2.24, 2.45) is 5.92 Å². The zero-order valence-electron chi connectivity index (χ0n) is 35.0. The number of ether oxygens (including phenoxy) is 4. The molecule has 2 aliphatic rings. The fraction of sp³-hybridized carbons (Fsp3) is 0.882. The van der Waals surface area contributed by atoms with Crippen molar-refractivity contribution in [1.29, 1.82) is 0 Å². The Morgan fingerprint density at radius 1 is 0.635 bits per heavy atom. The Bertz CT molecular complexity index is 1500. The molecule has 7 unspecified atom stereocenters. The summed E-state index contributed by atoms with van der Waals surface area (Å²) in [5.41, 5.74) is 0. The van der Waals surface area contributed by atoms with Crippen LogP contribution in [0.25, 0.3) is 0 Å². The summed E-state index contributed by atoms with van der Waals surface area (Å²) in [6.45, 7) is -7.88. The first-order valence-electron chi connectivity index (χ1n) is 20.1. The van der Waals surface area contributed by atoms with Gasteiger partial charge in [-0.1, -0.05) is 0 Å². The molecule has 368 valence electrons. The number of hydrogen-bond donors (Lipinski definition) is 13. The van der Waals surface area contributed by atoms with Crippen LogP contribution in [-0.4, -0.2) is 197 Å². The molecule has 0 aromatic heterocycles. The summed E-state index contributed by atoms with van der Waals surface area (Å²) in [5.74, 6) is -2.30. The van der Waals surface area contributed by atoms with Crippen LogP contribution in [0.15, 0.2) is 0 Å². The van der Waals surface area contributed by atoms with Crippen LogP contribution < -0.4 is 21.3 Å².